The van der Waals surface area contributed by atoms with Gasteiger partial charge in [0.2, 0.25) is 5.69 Å². The molecule has 0 bridgehead atoms. The topological polar surface area (TPSA) is 49.5 Å². The molecule has 4 nitrogen and oxygen atoms in total. The van der Waals surface area contributed by atoms with Gasteiger partial charge in [0.25, 0.3) is 0 Å². The van der Waals surface area contributed by atoms with Crippen LogP contribution in [0.3, 0.4) is 0 Å². The summed E-state index contributed by atoms with van der Waals surface area (Å²) in [5.74, 6) is -1.34. The van der Waals surface area contributed by atoms with E-state index in [1.165, 1.54) is 17.0 Å². The number of nitrogens with zero attached hydrogens (tertiary/aromatic N) is 2. The fraction of sp³-hybridized carbons (Fsp3) is 0.167. The molecule has 0 atom stereocenters. The lowest BCUT2D eigenvalue weighted by Gasteiger charge is -2.04. The minimum absolute atomic E-state index is 0.608. The number of amides is 2. The average Bonchev–Trinajstić information content (AvgIpc) is 2.33. The van der Waals surface area contributed by atoms with Crippen LogP contribution in [0.1, 0.15) is 12.5 Å². The van der Waals surface area contributed by atoms with Gasteiger partial charge >= 0.3 is 11.8 Å². The highest BCUT2D eigenvalue weighted by Crippen LogP contribution is 2.19. The van der Waals surface area contributed by atoms with Crippen molar-refractivity contribution < 1.29 is 14.2 Å². The normalized spacial score (nSPS) is 15.2. The first-order valence-electron chi connectivity index (χ1n) is 5.07. The van der Waals surface area contributed by atoms with Crippen molar-refractivity contribution in [3.05, 3.63) is 29.8 Å². The maximum Gasteiger partial charge on any atom is 0.485 e. The molecule has 0 spiro atoms. The number of para-hydroxylation sites is 1. The molecule has 1 aromatic carbocycles. The summed E-state index contributed by atoms with van der Waals surface area (Å²) in [5, 5.41) is 0. The second-order valence-corrected chi connectivity index (χ2v) is 3.39. The lowest BCUT2D eigenvalue weighted by Crippen LogP contribution is -2.29. The summed E-state index contributed by atoms with van der Waals surface area (Å²) >= 11 is 0. The van der Waals surface area contributed by atoms with Crippen LogP contribution >= 0.6 is 0 Å². The van der Waals surface area contributed by atoms with Gasteiger partial charge < -0.3 is 0 Å². The first-order valence-corrected chi connectivity index (χ1v) is 5.07. The number of aryl methyl sites for hydroxylation is 1. The Bertz CT molecular complexity index is 516. The first-order chi connectivity index (χ1) is 7.74. The van der Waals surface area contributed by atoms with Gasteiger partial charge in [0.05, 0.1) is 6.21 Å². The van der Waals surface area contributed by atoms with E-state index in [0.717, 1.165) is 17.7 Å². The molecule has 16 heavy (non-hydrogen) atoms. The van der Waals surface area contributed by atoms with E-state index in [1.807, 2.05) is 31.2 Å². The number of hydrogen-bond donors (Lipinski definition) is 0. The van der Waals surface area contributed by atoms with Crippen molar-refractivity contribution >= 4 is 29.9 Å². The van der Waals surface area contributed by atoms with Crippen molar-refractivity contribution in [3.8, 4) is 0 Å². The summed E-state index contributed by atoms with van der Waals surface area (Å²) < 4.78 is 1.34. The highest BCUT2D eigenvalue weighted by molar-refractivity contribution is 6.39. The summed E-state index contributed by atoms with van der Waals surface area (Å²) in [6.45, 7) is 2.00. The summed E-state index contributed by atoms with van der Waals surface area (Å²) in [6.07, 6.45) is 3.66. The Balaban J connectivity index is 2.52. The van der Waals surface area contributed by atoms with Crippen molar-refractivity contribution in [1.29, 1.82) is 0 Å². The van der Waals surface area contributed by atoms with E-state index >= 15 is 0 Å². The van der Waals surface area contributed by atoms with Crippen LogP contribution in [0.25, 0.3) is 0 Å². The third kappa shape index (κ3) is 1.69. The second-order valence-electron chi connectivity index (χ2n) is 3.39. The zero-order valence-electron chi connectivity index (χ0n) is 8.88. The van der Waals surface area contributed by atoms with E-state index in [9.17, 15) is 9.59 Å². The van der Waals surface area contributed by atoms with E-state index in [0.29, 0.717) is 0 Å². The summed E-state index contributed by atoms with van der Waals surface area (Å²) in [4.78, 5) is 26.2. The van der Waals surface area contributed by atoms with Crippen LogP contribution in [-0.4, -0.2) is 28.8 Å². The quantitative estimate of drug-likeness (QED) is 0.548. The summed E-state index contributed by atoms with van der Waals surface area (Å²) in [6, 6.07) is 7.50. The van der Waals surface area contributed by atoms with Crippen LogP contribution in [0.15, 0.2) is 29.3 Å². The molecule has 0 aliphatic carbocycles. The van der Waals surface area contributed by atoms with Crippen LogP contribution in [0.5, 0.6) is 0 Å². The van der Waals surface area contributed by atoms with E-state index in [-0.39, 0.29) is 0 Å². The van der Waals surface area contributed by atoms with Gasteiger partial charge in [-0.3, -0.25) is 4.79 Å². The number of rotatable bonds is 2. The molecular formula is C12H11N2O2+. The largest absolute Gasteiger partial charge is 0.485 e. The fourth-order valence-corrected chi connectivity index (χ4v) is 1.63. The summed E-state index contributed by atoms with van der Waals surface area (Å²) in [5.41, 5.74) is 1.77. The second kappa shape index (κ2) is 4.18. The van der Waals surface area contributed by atoms with Crippen molar-refractivity contribution in [1.82, 2.24) is 0 Å². The van der Waals surface area contributed by atoms with Gasteiger partial charge in [-0.2, -0.15) is 0 Å². The van der Waals surface area contributed by atoms with Gasteiger partial charge in [0.15, 0.2) is 6.21 Å². The van der Waals surface area contributed by atoms with Crippen LogP contribution in [0, 0.1) is 0 Å². The molecule has 1 heterocycles. The van der Waals surface area contributed by atoms with Crippen LogP contribution in [0.2, 0.25) is 0 Å². The lowest BCUT2D eigenvalue weighted by molar-refractivity contribution is -0.356. The lowest BCUT2D eigenvalue weighted by atomic mass is 10.1. The van der Waals surface area contributed by atoms with Gasteiger partial charge in [-0.1, -0.05) is 25.1 Å². The Hall–Kier alpha value is -2.10. The number of aliphatic imine (C=N–C) groups is 1. The molecule has 0 N–H and O–H groups in total. The van der Waals surface area contributed by atoms with E-state index in [1.54, 1.807) is 0 Å². The smallest absolute Gasteiger partial charge is 0.255 e. The molecule has 80 valence electrons. The van der Waals surface area contributed by atoms with Crippen molar-refractivity contribution in [2.45, 2.75) is 13.3 Å². The Morgan fingerprint density at radius 2 is 2.00 bits per heavy atom. The Labute approximate surface area is 92.9 Å². The van der Waals surface area contributed by atoms with Gasteiger partial charge in [-0.05, 0) is 6.42 Å². The summed E-state index contributed by atoms with van der Waals surface area (Å²) in [7, 11) is 0. The predicted molar refractivity (Wildman–Crippen MR) is 60.3 cm³/mol. The molecular weight excluding hydrogens is 204 g/mol. The molecule has 1 aliphatic heterocycles. The number of benzene rings is 1. The SMILES string of the molecule is CCc1ccccc1[N+]1=CC=NC(=O)C1=O. The van der Waals surface area contributed by atoms with Gasteiger partial charge in [0.1, 0.15) is 0 Å². The molecule has 0 radical (unpaired) electrons. The highest BCUT2D eigenvalue weighted by atomic mass is 16.2. The average molecular weight is 215 g/mol. The first kappa shape index (κ1) is 10.4. The van der Waals surface area contributed by atoms with Crippen molar-refractivity contribution in [2.24, 2.45) is 4.99 Å². The zero-order chi connectivity index (χ0) is 11.5. The zero-order valence-corrected chi connectivity index (χ0v) is 8.88. The third-order valence-corrected chi connectivity index (χ3v) is 2.44. The number of carbonyl (C=O) groups excluding carboxylic acids is 2. The van der Waals surface area contributed by atoms with E-state index in [4.69, 9.17) is 0 Å². The van der Waals surface area contributed by atoms with E-state index in [2.05, 4.69) is 4.99 Å². The molecule has 0 saturated heterocycles. The third-order valence-electron chi connectivity index (χ3n) is 2.44. The molecule has 4 heteroatoms. The number of carbonyl (C=O) groups is 2. The number of hydrogen-bond acceptors (Lipinski definition) is 2. The molecule has 0 aromatic heterocycles. The minimum atomic E-state index is -0.728. The highest BCUT2D eigenvalue weighted by Gasteiger charge is 2.31. The molecule has 0 fully saturated rings. The van der Waals surface area contributed by atoms with Crippen LogP contribution in [-0.2, 0) is 16.0 Å². The maximum atomic E-state index is 11.6. The van der Waals surface area contributed by atoms with Gasteiger partial charge in [-0.15, -0.1) is 4.58 Å². The monoisotopic (exact) mass is 215 g/mol. The Morgan fingerprint density at radius 3 is 2.75 bits per heavy atom. The van der Waals surface area contributed by atoms with E-state index < -0.39 is 11.8 Å². The predicted octanol–water partition coefficient (Wildman–Crippen LogP) is 1.10. The van der Waals surface area contributed by atoms with Crippen LogP contribution in [0.4, 0.5) is 5.69 Å². The van der Waals surface area contributed by atoms with Crippen LogP contribution < -0.4 is 0 Å². The standard InChI is InChI=1S/C12H11N2O2/c1-2-9-5-3-4-6-10(9)14-8-7-13-11(15)12(14)16/h3-8H,2H2,1H3/q+1. The Morgan fingerprint density at radius 1 is 1.25 bits per heavy atom. The molecule has 2 amide bonds. The maximum absolute atomic E-state index is 11.6. The molecule has 2 rings (SSSR count). The van der Waals surface area contributed by atoms with Crippen molar-refractivity contribution in [2.75, 3.05) is 0 Å². The Kier molecular flexibility index (Phi) is 2.72. The fourth-order valence-electron chi connectivity index (χ4n) is 1.63. The molecule has 0 unspecified atom stereocenters. The van der Waals surface area contributed by atoms with Gasteiger partial charge in [0, 0.05) is 11.6 Å². The van der Waals surface area contributed by atoms with Gasteiger partial charge in [-0.25, -0.2) is 9.79 Å². The minimum Gasteiger partial charge on any atom is -0.255 e. The molecule has 1 aliphatic rings. The van der Waals surface area contributed by atoms with Crippen molar-refractivity contribution in [3.63, 3.8) is 0 Å². The molecule has 1 aromatic rings. The molecule has 0 saturated carbocycles.